The first-order valence-electron chi connectivity index (χ1n) is 16.8. The van der Waals surface area contributed by atoms with Gasteiger partial charge in [-0.1, -0.05) is 0 Å². The van der Waals surface area contributed by atoms with Gasteiger partial charge in [-0.3, -0.25) is 4.79 Å². The fourth-order valence-electron chi connectivity index (χ4n) is 3.95. The molecule has 0 unspecified atom stereocenters. The van der Waals surface area contributed by atoms with Crippen molar-refractivity contribution in [1.29, 1.82) is 0 Å². The molecule has 0 aliphatic carbocycles. The number of hydrogen-bond donors (Lipinski definition) is 1. The maximum atomic E-state index is 14.2. The first kappa shape index (κ1) is 35.6. The molecule has 4 aromatic carbocycles. The van der Waals surface area contributed by atoms with Gasteiger partial charge in [0.05, 0.1) is 22.3 Å². The molecule has 0 spiro atoms. The largest absolute Gasteiger partial charge is 0.573 e. The summed E-state index contributed by atoms with van der Waals surface area (Å²) >= 11 is 5.27. The number of alkyl halides is 10. The summed E-state index contributed by atoms with van der Waals surface area (Å²) in [5.74, 6) is -13.1. The first-order valence-corrected chi connectivity index (χ1v) is 14.2. The summed E-state index contributed by atoms with van der Waals surface area (Å²) in [6.07, 6.45) is -10.3. The molecule has 11 nitrogen and oxygen atoms in total. The summed E-state index contributed by atoms with van der Waals surface area (Å²) in [5.41, 5.74) is -2.10. The molecule has 4 aromatic rings. The van der Waals surface area contributed by atoms with Crippen molar-refractivity contribution in [2.45, 2.75) is 25.9 Å². The molecule has 304 valence electrons. The SMILES string of the molecule is [2H]C([2H])([2H])Oc1cc(OC(F)(F)F)ccc1Oc1cc(OC(F)F)cc(F)c1C(=O)Cl.[2H]C([2H])([2H])Oc1cc(OC(F)(F)F)ccc1Oc1cc(OC(F)F)cc(F)c1C(=O)O. The summed E-state index contributed by atoms with van der Waals surface area (Å²) in [4.78, 5) is 22.8. The highest BCUT2D eigenvalue weighted by Gasteiger charge is 2.33. The number of ether oxygens (including phenoxy) is 8. The van der Waals surface area contributed by atoms with Crippen molar-refractivity contribution in [2.24, 2.45) is 0 Å². The van der Waals surface area contributed by atoms with E-state index < -0.39 is 131 Å². The quantitative estimate of drug-likeness (QED) is 0.0962. The topological polar surface area (TPSA) is 128 Å². The van der Waals surface area contributed by atoms with Crippen LogP contribution in [0.4, 0.5) is 52.7 Å². The lowest BCUT2D eigenvalue weighted by Gasteiger charge is -2.16. The predicted octanol–water partition coefficient (Wildman–Crippen LogP) is 10.3. The number of carbonyl (C=O) groups excluding carboxylic acids is 1. The smallest absolute Gasteiger partial charge is 0.493 e. The highest BCUT2D eigenvalue weighted by Crippen LogP contribution is 2.41. The van der Waals surface area contributed by atoms with E-state index in [2.05, 4.69) is 28.4 Å². The van der Waals surface area contributed by atoms with E-state index in [9.17, 15) is 62.3 Å². The zero-order valence-electron chi connectivity index (χ0n) is 32.4. The van der Waals surface area contributed by atoms with Crippen LogP contribution in [0.2, 0.25) is 0 Å². The van der Waals surface area contributed by atoms with Gasteiger partial charge in [-0.25, -0.2) is 13.6 Å². The Morgan fingerprint density at radius 3 is 1.32 bits per heavy atom. The maximum absolute atomic E-state index is 14.2. The molecule has 24 heteroatoms. The minimum Gasteiger partial charge on any atom is -0.493 e. The molecule has 0 amide bonds. The number of halogens is 13. The lowest BCUT2D eigenvalue weighted by atomic mass is 10.1. The van der Waals surface area contributed by atoms with Crippen LogP contribution in [0.3, 0.4) is 0 Å². The van der Waals surface area contributed by atoms with Crippen molar-refractivity contribution < 1.29 is 114 Å². The van der Waals surface area contributed by atoms with Crippen LogP contribution in [-0.2, 0) is 0 Å². The molecule has 0 aliphatic heterocycles. The number of carboxylic acids is 1. The van der Waals surface area contributed by atoms with Crippen molar-refractivity contribution in [3.63, 3.8) is 0 Å². The van der Waals surface area contributed by atoms with Crippen molar-refractivity contribution in [1.82, 2.24) is 0 Å². The lowest BCUT2D eigenvalue weighted by Crippen LogP contribution is -2.17. The molecular formula is C32H19ClF12O11. The zero-order valence-corrected chi connectivity index (χ0v) is 27.1. The van der Waals surface area contributed by atoms with Crippen LogP contribution in [-0.4, -0.2) is 56.3 Å². The van der Waals surface area contributed by atoms with Crippen LogP contribution in [0.1, 0.15) is 28.9 Å². The second-order valence-electron chi connectivity index (χ2n) is 9.61. The van der Waals surface area contributed by atoms with Crippen LogP contribution in [0.5, 0.6) is 57.5 Å². The van der Waals surface area contributed by atoms with Crippen molar-refractivity contribution in [3.8, 4) is 57.5 Å². The molecule has 4 rings (SSSR count). The van der Waals surface area contributed by atoms with Crippen LogP contribution < -0.4 is 37.9 Å². The Balaban J connectivity index is 0.000000330. The molecular weight excluding hydrogens is 824 g/mol. The van der Waals surface area contributed by atoms with E-state index in [0.29, 0.717) is 54.6 Å². The van der Waals surface area contributed by atoms with E-state index >= 15 is 0 Å². The van der Waals surface area contributed by atoms with Gasteiger partial charge in [0, 0.05) is 36.4 Å². The summed E-state index contributed by atoms with van der Waals surface area (Å²) in [5, 5.41) is 7.72. The minimum atomic E-state index is -5.14. The van der Waals surface area contributed by atoms with Gasteiger partial charge in [0.15, 0.2) is 23.0 Å². The number of aromatic carboxylic acids is 1. The first-order chi connectivity index (χ1) is 28.3. The zero-order chi connectivity index (χ0) is 47.1. The van der Waals surface area contributed by atoms with E-state index in [-0.39, 0.29) is 0 Å². The molecule has 0 bridgehead atoms. The second-order valence-corrected chi connectivity index (χ2v) is 9.96. The fraction of sp³-hybridized carbons (Fsp3) is 0.188. The van der Waals surface area contributed by atoms with E-state index in [4.69, 9.17) is 34.4 Å². The predicted molar refractivity (Wildman–Crippen MR) is 163 cm³/mol. The van der Waals surface area contributed by atoms with Gasteiger partial charge in [-0.15, -0.1) is 26.3 Å². The van der Waals surface area contributed by atoms with Gasteiger partial charge in [0.2, 0.25) is 0 Å². The highest BCUT2D eigenvalue weighted by molar-refractivity contribution is 6.68. The molecule has 0 radical (unpaired) electrons. The highest BCUT2D eigenvalue weighted by atomic mass is 35.5. The van der Waals surface area contributed by atoms with Crippen LogP contribution in [0, 0.1) is 11.6 Å². The van der Waals surface area contributed by atoms with Crippen molar-refractivity contribution in [3.05, 3.63) is 83.4 Å². The molecule has 0 aromatic heterocycles. The Morgan fingerprint density at radius 2 is 0.982 bits per heavy atom. The maximum Gasteiger partial charge on any atom is 0.573 e. The normalized spacial score (nSPS) is 13.3. The second kappa shape index (κ2) is 18.5. The number of carboxylic acid groups (broad SMARTS) is 1. The van der Waals surface area contributed by atoms with E-state index in [1.807, 2.05) is 0 Å². The Kier molecular flexibility index (Phi) is 11.7. The van der Waals surface area contributed by atoms with Gasteiger partial charge in [-0.05, 0) is 35.9 Å². The Bertz CT molecular complexity index is 2090. The molecule has 0 saturated heterocycles. The van der Waals surface area contributed by atoms with E-state index in [1.54, 1.807) is 0 Å². The number of carbonyl (C=O) groups is 2. The molecule has 0 heterocycles. The third kappa shape index (κ3) is 13.0. The van der Waals surface area contributed by atoms with Gasteiger partial charge >= 0.3 is 31.9 Å². The number of methoxy groups -OCH3 is 2. The van der Waals surface area contributed by atoms with Crippen molar-refractivity contribution >= 4 is 22.8 Å². The van der Waals surface area contributed by atoms with Gasteiger partial charge < -0.3 is 43.0 Å². The Hall–Kier alpha value is -6.13. The van der Waals surface area contributed by atoms with E-state index in [0.717, 1.165) is 6.07 Å². The summed E-state index contributed by atoms with van der Waals surface area (Å²) in [6.45, 7) is -6.78. The Labute approximate surface area is 317 Å². The Morgan fingerprint density at radius 1 is 0.607 bits per heavy atom. The standard InChI is InChI=1S/C16H9ClF6O5.C16H10F6O6/c1-25-11-5-7(28-16(21,22)23)2-3-10(11)27-12-6-8(26-15(19)20)4-9(18)13(12)14(17)24;1-25-11-5-7(28-16(20,21)22)2-3-10(11)27-12-6-8(26-15(18)19)4-9(17)13(12)14(23)24/h2-6,15H,1H3;2-6,15H,1H3,(H,23,24)/i2*1D3. The molecule has 1 N–H and O–H groups in total. The number of benzene rings is 4. The van der Waals surface area contributed by atoms with Crippen LogP contribution in [0.15, 0.2) is 60.7 Å². The number of hydrogen-bond acceptors (Lipinski definition) is 10. The van der Waals surface area contributed by atoms with Crippen LogP contribution in [0.25, 0.3) is 0 Å². The fourth-order valence-corrected chi connectivity index (χ4v) is 4.14. The summed E-state index contributed by atoms with van der Waals surface area (Å²) in [7, 11) is -6.37. The van der Waals surface area contributed by atoms with Gasteiger partial charge in [0.25, 0.3) is 5.24 Å². The lowest BCUT2D eigenvalue weighted by molar-refractivity contribution is -0.275. The summed E-state index contributed by atoms with van der Waals surface area (Å²) in [6, 6.07) is 5.67. The van der Waals surface area contributed by atoms with Gasteiger partial charge in [0.1, 0.15) is 57.3 Å². The minimum absolute atomic E-state index is 0.336. The molecule has 56 heavy (non-hydrogen) atoms. The van der Waals surface area contributed by atoms with Gasteiger partial charge in [-0.2, -0.15) is 17.6 Å². The average molecular weight is 849 g/mol. The van der Waals surface area contributed by atoms with Crippen LogP contribution >= 0.6 is 11.6 Å². The molecule has 0 saturated carbocycles. The van der Waals surface area contributed by atoms with E-state index in [1.165, 1.54) is 0 Å². The monoisotopic (exact) mass is 848 g/mol. The molecule has 0 fully saturated rings. The molecule has 0 aliphatic rings. The van der Waals surface area contributed by atoms with Crippen molar-refractivity contribution in [2.75, 3.05) is 14.1 Å². The summed E-state index contributed by atoms with van der Waals surface area (Å²) < 4.78 is 230. The third-order valence-corrected chi connectivity index (χ3v) is 6.06. The molecule has 0 atom stereocenters. The third-order valence-electron chi connectivity index (χ3n) is 5.87. The average Bonchev–Trinajstić information content (AvgIpc) is 3.03. The number of rotatable bonds is 14.